The summed E-state index contributed by atoms with van der Waals surface area (Å²) < 4.78 is 13.2. The van der Waals surface area contributed by atoms with Gasteiger partial charge in [-0.25, -0.2) is 4.39 Å². The molecule has 2 bridgehead atoms. The molecule has 1 aromatic carbocycles. The molecule has 2 aliphatic carbocycles. The highest BCUT2D eigenvalue weighted by molar-refractivity contribution is 5.95. The Balaban J connectivity index is 1.83. The maximum Gasteiger partial charge on any atom is 0.251 e. The number of nitrogen functional groups attached to an aromatic ring is 1. The van der Waals surface area contributed by atoms with E-state index in [9.17, 15) is 9.18 Å². The minimum absolute atomic E-state index is 0.0149. The summed E-state index contributed by atoms with van der Waals surface area (Å²) in [6.45, 7) is 6.75. The third kappa shape index (κ3) is 2.12. The summed E-state index contributed by atoms with van der Waals surface area (Å²) in [4.78, 5) is 12.5. The molecule has 3 unspecified atom stereocenters. The third-order valence-corrected chi connectivity index (χ3v) is 5.80. The zero-order valence-corrected chi connectivity index (χ0v) is 12.9. The number of rotatable bonds is 2. The highest BCUT2D eigenvalue weighted by Crippen LogP contribution is 2.62. The minimum atomic E-state index is -0.487. The topological polar surface area (TPSA) is 55.1 Å². The first kappa shape index (κ1) is 14.4. The van der Waals surface area contributed by atoms with Crippen LogP contribution in [0.4, 0.5) is 10.1 Å². The van der Waals surface area contributed by atoms with Crippen LogP contribution in [0.1, 0.15) is 50.4 Å². The summed E-state index contributed by atoms with van der Waals surface area (Å²) in [5.41, 5.74) is 6.27. The zero-order chi connectivity index (χ0) is 15.4. The van der Waals surface area contributed by atoms with Crippen LogP contribution in [-0.2, 0) is 0 Å². The van der Waals surface area contributed by atoms with Gasteiger partial charge in [-0.2, -0.15) is 0 Å². The van der Waals surface area contributed by atoms with E-state index in [0.717, 1.165) is 6.42 Å². The number of nitrogens with one attached hydrogen (secondary N) is 1. The van der Waals surface area contributed by atoms with Crippen molar-refractivity contribution in [3.63, 3.8) is 0 Å². The van der Waals surface area contributed by atoms with Crippen molar-refractivity contribution in [2.24, 2.45) is 16.7 Å². The molecule has 1 aromatic rings. The van der Waals surface area contributed by atoms with Gasteiger partial charge >= 0.3 is 0 Å². The predicted octanol–water partition coefficient (Wildman–Crippen LogP) is 3.35. The Bertz CT molecular complexity index is 594. The van der Waals surface area contributed by atoms with Crippen molar-refractivity contribution >= 4 is 11.6 Å². The predicted molar refractivity (Wildman–Crippen MR) is 81.3 cm³/mol. The van der Waals surface area contributed by atoms with Crippen LogP contribution >= 0.6 is 0 Å². The van der Waals surface area contributed by atoms with Crippen LogP contribution in [0.3, 0.4) is 0 Å². The summed E-state index contributed by atoms with van der Waals surface area (Å²) in [5.74, 6) is 0.0263. The van der Waals surface area contributed by atoms with Crippen molar-refractivity contribution < 1.29 is 9.18 Å². The van der Waals surface area contributed by atoms with E-state index in [-0.39, 0.29) is 28.5 Å². The van der Waals surface area contributed by atoms with Gasteiger partial charge in [0.25, 0.3) is 5.91 Å². The van der Waals surface area contributed by atoms with E-state index in [1.807, 2.05) is 0 Å². The van der Waals surface area contributed by atoms with Gasteiger partial charge in [-0.15, -0.1) is 0 Å². The molecule has 3 nitrogen and oxygen atoms in total. The number of halogens is 1. The molecule has 3 N–H and O–H groups in total. The molecule has 21 heavy (non-hydrogen) atoms. The van der Waals surface area contributed by atoms with E-state index < -0.39 is 5.82 Å². The number of carbonyl (C=O) groups excluding carboxylic acids is 1. The molecule has 2 saturated carbocycles. The lowest BCUT2D eigenvalue weighted by molar-refractivity contribution is 0.0737. The largest absolute Gasteiger partial charge is 0.396 e. The molecule has 2 fully saturated rings. The first-order valence-corrected chi connectivity index (χ1v) is 7.60. The second-order valence-corrected chi connectivity index (χ2v) is 7.56. The highest BCUT2D eigenvalue weighted by atomic mass is 19.1. The first-order chi connectivity index (χ1) is 9.74. The fourth-order valence-corrected chi connectivity index (χ4v) is 4.56. The molecule has 0 radical (unpaired) electrons. The average Bonchev–Trinajstić information content (AvgIpc) is 2.89. The number of benzene rings is 1. The lowest BCUT2D eigenvalue weighted by atomic mass is 9.68. The summed E-state index contributed by atoms with van der Waals surface area (Å²) in [5, 5.41) is 3.19. The van der Waals surface area contributed by atoms with E-state index in [4.69, 9.17) is 5.73 Å². The molecule has 0 aromatic heterocycles. The van der Waals surface area contributed by atoms with Gasteiger partial charge in [-0.1, -0.05) is 20.8 Å². The van der Waals surface area contributed by atoms with Gasteiger partial charge in [0.15, 0.2) is 0 Å². The van der Waals surface area contributed by atoms with Crippen LogP contribution in [0.15, 0.2) is 18.2 Å². The molecular formula is C17H23FN2O. The maximum atomic E-state index is 13.2. The number of fused-ring (bicyclic) bond motifs is 2. The van der Waals surface area contributed by atoms with Crippen molar-refractivity contribution in [1.82, 2.24) is 5.32 Å². The molecule has 3 atom stereocenters. The molecular weight excluding hydrogens is 267 g/mol. The minimum Gasteiger partial charge on any atom is -0.396 e. The summed E-state index contributed by atoms with van der Waals surface area (Å²) in [6.07, 6.45) is 3.59. The van der Waals surface area contributed by atoms with E-state index in [1.54, 1.807) is 0 Å². The molecule has 1 amide bonds. The van der Waals surface area contributed by atoms with Crippen LogP contribution in [0.5, 0.6) is 0 Å². The fourth-order valence-electron chi connectivity index (χ4n) is 4.56. The number of hydrogen-bond donors (Lipinski definition) is 2. The smallest absolute Gasteiger partial charge is 0.251 e. The van der Waals surface area contributed by atoms with Gasteiger partial charge < -0.3 is 11.1 Å². The monoisotopic (exact) mass is 290 g/mol. The van der Waals surface area contributed by atoms with Crippen LogP contribution in [0.25, 0.3) is 0 Å². The Kier molecular flexibility index (Phi) is 3.05. The highest BCUT2D eigenvalue weighted by Gasteiger charge is 2.59. The van der Waals surface area contributed by atoms with E-state index in [0.29, 0.717) is 11.5 Å². The van der Waals surface area contributed by atoms with Crippen LogP contribution in [0, 0.1) is 22.6 Å². The van der Waals surface area contributed by atoms with Crippen molar-refractivity contribution in [3.8, 4) is 0 Å². The van der Waals surface area contributed by atoms with Gasteiger partial charge in [-0.3, -0.25) is 4.79 Å². The molecule has 2 aliphatic rings. The Hall–Kier alpha value is -1.58. The summed E-state index contributed by atoms with van der Waals surface area (Å²) in [7, 11) is 0. The number of nitrogens with two attached hydrogens (primary N) is 1. The second-order valence-electron chi connectivity index (χ2n) is 7.56. The van der Waals surface area contributed by atoms with E-state index in [2.05, 4.69) is 26.1 Å². The SMILES string of the molecule is CC12CCC(C1)C(C)(C)C2NC(=O)c1ccc(F)c(N)c1. The zero-order valence-electron chi connectivity index (χ0n) is 12.9. The van der Waals surface area contributed by atoms with E-state index in [1.165, 1.54) is 31.0 Å². The molecule has 0 heterocycles. The molecule has 0 saturated heterocycles. The van der Waals surface area contributed by atoms with Crippen molar-refractivity contribution in [1.29, 1.82) is 0 Å². The Morgan fingerprint density at radius 3 is 2.67 bits per heavy atom. The third-order valence-electron chi connectivity index (χ3n) is 5.80. The van der Waals surface area contributed by atoms with Gasteiger partial charge in [0.05, 0.1) is 5.69 Å². The van der Waals surface area contributed by atoms with Crippen LogP contribution < -0.4 is 11.1 Å². The molecule has 4 heteroatoms. The number of carbonyl (C=O) groups is 1. The quantitative estimate of drug-likeness (QED) is 0.821. The molecule has 0 aliphatic heterocycles. The lowest BCUT2D eigenvalue weighted by Gasteiger charge is -2.43. The first-order valence-electron chi connectivity index (χ1n) is 7.60. The average molecular weight is 290 g/mol. The number of anilines is 1. The Morgan fingerprint density at radius 1 is 1.38 bits per heavy atom. The lowest BCUT2D eigenvalue weighted by Crippen LogP contribution is -2.52. The van der Waals surface area contributed by atoms with Gasteiger partial charge in [0.2, 0.25) is 0 Å². The maximum absolute atomic E-state index is 13.2. The van der Waals surface area contributed by atoms with Gasteiger partial charge in [0, 0.05) is 11.6 Å². The molecule has 0 spiro atoms. The van der Waals surface area contributed by atoms with Gasteiger partial charge in [0.1, 0.15) is 5.82 Å². The number of amides is 1. The summed E-state index contributed by atoms with van der Waals surface area (Å²) >= 11 is 0. The fraction of sp³-hybridized carbons (Fsp3) is 0.588. The van der Waals surface area contributed by atoms with Crippen LogP contribution in [0.2, 0.25) is 0 Å². The molecule has 114 valence electrons. The van der Waals surface area contributed by atoms with Crippen molar-refractivity contribution in [2.45, 2.75) is 46.1 Å². The Labute approximate surface area is 125 Å². The summed E-state index contributed by atoms with van der Waals surface area (Å²) in [6, 6.07) is 4.30. The van der Waals surface area contributed by atoms with Crippen LogP contribution in [-0.4, -0.2) is 11.9 Å². The standard InChI is InChI=1S/C17H23FN2O/c1-16(2)11-6-7-17(3,9-11)15(16)20-14(21)10-4-5-12(18)13(19)8-10/h4-5,8,11,15H,6-7,9,19H2,1-3H3,(H,20,21). The van der Waals surface area contributed by atoms with E-state index >= 15 is 0 Å². The van der Waals surface area contributed by atoms with Crippen molar-refractivity contribution in [3.05, 3.63) is 29.6 Å². The molecule has 3 rings (SSSR count). The Morgan fingerprint density at radius 2 is 2.10 bits per heavy atom. The normalized spacial score (nSPS) is 33.1. The number of hydrogen-bond acceptors (Lipinski definition) is 2. The van der Waals surface area contributed by atoms with Gasteiger partial charge in [-0.05, 0) is 54.2 Å². The second kappa shape index (κ2) is 4.46. The van der Waals surface area contributed by atoms with Crippen molar-refractivity contribution in [2.75, 3.05) is 5.73 Å².